The van der Waals surface area contributed by atoms with E-state index < -0.39 is 0 Å². The van der Waals surface area contributed by atoms with Gasteiger partial charge in [-0.2, -0.15) is 5.10 Å². The predicted octanol–water partition coefficient (Wildman–Crippen LogP) is 1.95. The fourth-order valence-corrected chi connectivity index (χ4v) is 2.67. The first-order valence-electron chi connectivity index (χ1n) is 7.91. The van der Waals surface area contributed by atoms with Crippen LogP contribution in [0.2, 0.25) is 0 Å². The van der Waals surface area contributed by atoms with Crippen LogP contribution in [-0.4, -0.2) is 28.1 Å². The molecule has 6 heteroatoms. The summed E-state index contributed by atoms with van der Waals surface area (Å²) < 4.78 is 1.76. The molecule has 1 aromatic carbocycles. The molecule has 128 valence electrons. The van der Waals surface area contributed by atoms with E-state index in [1.165, 1.54) is 0 Å². The number of hydrogen-bond acceptors (Lipinski definition) is 3. The van der Waals surface area contributed by atoms with Gasteiger partial charge >= 0.3 is 0 Å². The van der Waals surface area contributed by atoms with E-state index in [1.807, 2.05) is 52.9 Å². The van der Waals surface area contributed by atoms with Gasteiger partial charge in [-0.05, 0) is 38.8 Å². The van der Waals surface area contributed by atoms with Crippen LogP contribution in [0.3, 0.4) is 0 Å². The Morgan fingerprint density at radius 3 is 2.25 bits per heavy atom. The van der Waals surface area contributed by atoms with Crippen molar-refractivity contribution in [3.05, 3.63) is 46.3 Å². The van der Waals surface area contributed by atoms with E-state index in [4.69, 9.17) is 0 Å². The predicted molar refractivity (Wildman–Crippen MR) is 93.9 cm³/mol. The molecule has 24 heavy (non-hydrogen) atoms. The topological polar surface area (TPSA) is 76.0 Å². The van der Waals surface area contributed by atoms with E-state index in [-0.39, 0.29) is 24.8 Å². The zero-order chi connectivity index (χ0) is 17.9. The number of anilines is 1. The maximum atomic E-state index is 12.1. The first kappa shape index (κ1) is 17.7. The minimum atomic E-state index is -0.236. The van der Waals surface area contributed by atoms with Gasteiger partial charge in [0.1, 0.15) is 0 Å². The van der Waals surface area contributed by atoms with Crippen molar-refractivity contribution in [2.75, 3.05) is 11.9 Å². The molecule has 0 spiro atoms. The lowest BCUT2D eigenvalue weighted by atomic mass is 10.1. The Balaban J connectivity index is 1.91. The number of amides is 2. The normalized spacial score (nSPS) is 10.5. The van der Waals surface area contributed by atoms with Crippen LogP contribution in [0.1, 0.15) is 28.1 Å². The number of aryl methyl sites for hydroxylation is 4. The van der Waals surface area contributed by atoms with Gasteiger partial charge in [-0.15, -0.1) is 0 Å². The number of nitrogens with zero attached hydrogens (tertiary/aromatic N) is 2. The van der Waals surface area contributed by atoms with Crippen molar-refractivity contribution in [2.45, 2.75) is 34.1 Å². The second-order valence-electron chi connectivity index (χ2n) is 6.04. The molecule has 0 aliphatic carbocycles. The van der Waals surface area contributed by atoms with Crippen LogP contribution in [0, 0.1) is 27.7 Å². The molecule has 0 aliphatic heterocycles. The van der Waals surface area contributed by atoms with Gasteiger partial charge in [0.25, 0.3) is 0 Å². The summed E-state index contributed by atoms with van der Waals surface area (Å²) in [5.41, 5.74) is 5.50. The SMILES string of the molecule is Cc1cccc(C)c1NC(=O)CNC(=O)Cc1c(C)nn(C)c1C. The molecule has 6 nitrogen and oxygen atoms in total. The Labute approximate surface area is 142 Å². The highest BCUT2D eigenvalue weighted by Gasteiger charge is 2.14. The molecule has 0 radical (unpaired) electrons. The number of aromatic nitrogens is 2. The van der Waals surface area contributed by atoms with Gasteiger partial charge in [0.15, 0.2) is 0 Å². The van der Waals surface area contributed by atoms with Crippen molar-refractivity contribution < 1.29 is 9.59 Å². The van der Waals surface area contributed by atoms with Crippen LogP contribution in [0.15, 0.2) is 18.2 Å². The van der Waals surface area contributed by atoms with Crippen LogP contribution in [-0.2, 0) is 23.1 Å². The van der Waals surface area contributed by atoms with Crippen molar-refractivity contribution in [3.63, 3.8) is 0 Å². The molecule has 2 N–H and O–H groups in total. The highest BCUT2D eigenvalue weighted by molar-refractivity contribution is 5.96. The Morgan fingerprint density at radius 2 is 1.71 bits per heavy atom. The zero-order valence-corrected chi connectivity index (χ0v) is 14.9. The summed E-state index contributed by atoms with van der Waals surface area (Å²) in [5, 5.41) is 9.81. The molecule has 0 saturated heterocycles. The van der Waals surface area contributed by atoms with Crippen LogP contribution in [0.25, 0.3) is 0 Å². The van der Waals surface area contributed by atoms with Gasteiger partial charge in [0.05, 0.1) is 18.7 Å². The van der Waals surface area contributed by atoms with E-state index in [0.29, 0.717) is 0 Å². The third-order valence-electron chi connectivity index (χ3n) is 4.19. The maximum absolute atomic E-state index is 12.1. The van der Waals surface area contributed by atoms with E-state index in [9.17, 15) is 9.59 Å². The van der Waals surface area contributed by atoms with Gasteiger partial charge in [0.2, 0.25) is 11.8 Å². The van der Waals surface area contributed by atoms with Crippen molar-refractivity contribution in [1.29, 1.82) is 0 Å². The Hall–Kier alpha value is -2.63. The average Bonchev–Trinajstić information content (AvgIpc) is 2.75. The number of benzene rings is 1. The molecule has 2 amide bonds. The highest BCUT2D eigenvalue weighted by Crippen LogP contribution is 2.19. The maximum Gasteiger partial charge on any atom is 0.243 e. The summed E-state index contributed by atoms with van der Waals surface area (Å²) in [6.07, 6.45) is 0.224. The highest BCUT2D eigenvalue weighted by atomic mass is 16.2. The third kappa shape index (κ3) is 4.01. The van der Waals surface area contributed by atoms with Crippen molar-refractivity contribution in [1.82, 2.24) is 15.1 Å². The quantitative estimate of drug-likeness (QED) is 0.881. The van der Waals surface area contributed by atoms with Gasteiger partial charge in [0, 0.05) is 24.0 Å². The summed E-state index contributed by atoms with van der Waals surface area (Å²) >= 11 is 0. The number of hydrogen-bond donors (Lipinski definition) is 2. The second-order valence-corrected chi connectivity index (χ2v) is 6.04. The van der Waals surface area contributed by atoms with Crippen molar-refractivity contribution >= 4 is 17.5 Å². The number of carbonyl (C=O) groups excluding carboxylic acids is 2. The average molecular weight is 328 g/mol. The molecule has 0 unspecified atom stereocenters. The minimum absolute atomic E-state index is 0.0506. The lowest BCUT2D eigenvalue weighted by Crippen LogP contribution is -2.34. The van der Waals surface area contributed by atoms with Crippen molar-refractivity contribution in [2.24, 2.45) is 7.05 Å². The smallest absolute Gasteiger partial charge is 0.243 e. The van der Waals surface area contributed by atoms with Gasteiger partial charge in [-0.3, -0.25) is 14.3 Å². The summed E-state index contributed by atoms with van der Waals surface area (Å²) in [4.78, 5) is 24.2. The summed E-state index contributed by atoms with van der Waals surface area (Å²) in [6.45, 7) is 7.63. The lowest BCUT2D eigenvalue weighted by molar-refractivity contribution is -0.123. The molecule has 2 rings (SSSR count). The molecule has 0 bridgehead atoms. The monoisotopic (exact) mass is 328 g/mol. The number of para-hydroxylation sites is 1. The lowest BCUT2D eigenvalue weighted by Gasteiger charge is -2.12. The summed E-state index contributed by atoms with van der Waals surface area (Å²) in [7, 11) is 1.85. The Kier molecular flexibility index (Phi) is 5.39. The fraction of sp³-hybridized carbons (Fsp3) is 0.389. The van der Waals surface area contributed by atoms with E-state index in [2.05, 4.69) is 15.7 Å². The molecular weight excluding hydrogens is 304 g/mol. The number of nitrogens with one attached hydrogen (secondary N) is 2. The van der Waals surface area contributed by atoms with Crippen LogP contribution >= 0.6 is 0 Å². The van der Waals surface area contributed by atoms with Gasteiger partial charge < -0.3 is 10.6 Å². The van der Waals surface area contributed by atoms with Crippen molar-refractivity contribution in [3.8, 4) is 0 Å². The third-order valence-corrected chi connectivity index (χ3v) is 4.19. The Morgan fingerprint density at radius 1 is 1.08 bits per heavy atom. The van der Waals surface area contributed by atoms with Gasteiger partial charge in [-0.1, -0.05) is 18.2 Å². The zero-order valence-electron chi connectivity index (χ0n) is 14.9. The van der Waals surface area contributed by atoms with Crippen LogP contribution in [0.4, 0.5) is 5.69 Å². The fourth-order valence-electron chi connectivity index (χ4n) is 2.67. The molecular formula is C18H24N4O2. The first-order chi connectivity index (χ1) is 11.3. The van der Waals surface area contributed by atoms with E-state index in [1.54, 1.807) is 4.68 Å². The largest absolute Gasteiger partial charge is 0.347 e. The number of rotatable bonds is 5. The molecule has 1 heterocycles. The number of carbonyl (C=O) groups is 2. The summed E-state index contributed by atoms with van der Waals surface area (Å²) in [6, 6.07) is 5.82. The minimum Gasteiger partial charge on any atom is -0.347 e. The molecule has 1 aromatic heterocycles. The molecule has 0 atom stereocenters. The molecule has 0 saturated carbocycles. The summed E-state index contributed by atoms with van der Waals surface area (Å²) in [5.74, 6) is -0.425. The Bertz CT molecular complexity index is 757. The van der Waals surface area contributed by atoms with Gasteiger partial charge in [-0.25, -0.2) is 0 Å². The molecule has 2 aromatic rings. The first-order valence-corrected chi connectivity index (χ1v) is 7.91. The van der Waals surface area contributed by atoms with E-state index in [0.717, 1.165) is 33.8 Å². The standard InChI is InChI=1S/C18H24N4O2/c1-11-7-6-8-12(2)18(11)20-17(24)10-19-16(23)9-15-13(3)21-22(5)14(15)4/h6-8H,9-10H2,1-5H3,(H,19,23)(H,20,24). The second kappa shape index (κ2) is 7.29. The molecule has 0 aliphatic rings. The van der Waals surface area contributed by atoms with Crippen LogP contribution in [0.5, 0.6) is 0 Å². The van der Waals surface area contributed by atoms with Crippen LogP contribution < -0.4 is 10.6 Å². The van der Waals surface area contributed by atoms with E-state index >= 15 is 0 Å². The molecule has 0 fully saturated rings.